The topological polar surface area (TPSA) is 35.6 Å². The highest BCUT2D eigenvalue weighted by Gasteiger charge is 2.24. The summed E-state index contributed by atoms with van der Waals surface area (Å²) >= 11 is 0. The molecule has 0 atom stereocenters. The van der Waals surface area contributed by atoms with Crippen molar-refractivity contribution in [3.8, 4) is 45.1 Å². The molecule has 4 nitrogen and oxygen atoms in total. The quantitative estimate of drug-likeness (QED) is 0.162. The lowest BCUT2D eigenvalue weighted by Crippen LogP contribution is -2.04. The number of para-hydroxylation sites is 4. The second kappa shape index (κ2) is 14.3. The number of nitrogens with zero attached hydrogens (tertiary/aromatic N) is 4. The van der Waals surface area contributed by atoms with E-state index in [1.807, 2.05) is 0 Å². The van der Waals surface area contributed by atoms with Crippen LogP contribution in [0.4, 0.5) is 0 Å². The highest BCUT2D eigenvalue weighted by molar-refractivity contribution is 6.37. The molecule has 0 bridgehead atoms. The fraction of sp³-hybridized carbons (Fsp3) is 0. The normalized spacial score (nSPS) is 11.9. The molecule has 0 aliphatic heterocycles. The Balaban J connectivity index is 1.11. The molecule has 0 saturated heterocycles. The van der Waals surface area contributed by atoms with Crippen LogP contribution in [-0.2, 0) is 0 Å². The van der Waals surface area contributed by atoms with E-state index < -0.39 is 0 Å². The van der Waals surface area contributed by atoms with E-state index in [0.29, 0.717) is 5.95 Å². The van der Waals surface area contributed by atoms with Crippen LogP contribution >= 0.6 is 0 Å². The smallest absolute Gasteiger partial charge is 0.235 e. The van der Waals surface area contributed by atoms with E-state index in [9.17, 15) is 0 Å². The lowest BCUT2D eigenvalue weighted by atomic mass is 9.92. The standard InChI is InChI=1S/C62H38N4/c1-3-16-39(17-4-1)40-30-32-42(33-31-40)59-52-25-11-13-28-54(52)63-62(64-59)66-56-37-35-43(46-26-15-27-51-48-23-12-14-29-55(48)65(60(46)51)44-19-5-2-6-20-44)38-53(56)58-57-45-21-8-7-18-41(45)34-36-49(57)47-22-9-10-24-50(47)61(58)66/h1-38H. The maximum absolute atomic E-state index is 5.60. The van der Waals surface area contributed by atoms with Gasteiger partial charge in [-0.25, -0.2) is 9.97 Å². The van der Waals surface area contributed by atoms with E-state index in [4.69, 9.17) is 9.97 Å². The van der Waals surface area contributed by atoms with Crippen LogP contribution in [0.25, 0.3) is 132 Å². The molecule has 4 heteroatoms. The Morgan fingerprint density at radius 3 is 1.74 bits per heavy atom. The molecule has 3 aromatic heterocycles. The van der Waals surface area contributed by atoms with Gasteiger partial charge in [-0.2, -0.15) is 0 Å². The zero-order chi connectivity index (χ0) is 43.3. The lowest BCUT2D eigenvalue weighted by Gasteiger charge is -2.14. The summed E-state index contributed by atoms with van der Waals surface area (Å²) in [5.74, 6) is 0.639. The van der Waals surface area contributed by atoms with Gasteiger partial charge in [-0.05, 0) is 74.6 Å². The Hall–Kier alpha value is -8.86. The second-order valence-electron chi connectivity index (χ2n) is 17.3. The first-order valence-electron chi connectivity index (χ1n) is 22.6. The number of fused-ring (bicyclic) bond motifs is 14. The van der Waals surface area contributed by atoms with Gasteiger partial charge < -0.3 is 4.57 Å². The molecule has 0 aliphatic rings. The average molecular weight is 839 g/mol. The van der Waals surface area contributed by atoms with E-state index >= 15 is 0 Å². The van der Waals surface area contributed by atoms with Crippen molar-refractivity contribution in [2.75, 3.05) is 0 Å². The van der Waals surface area contributed by atoms with Crippen LogP contribution in [-0.4, -0.2) is 19.1 Å². The zero-order valence-electron chi connectivity index (χ0n) is 35.7. The Morgan fingerprint density at radius 2 is 0.909 bits per heavy atom. The predicted octanol–water partition coefficient (Wildman–Crippen LogP) is 16.3. The second-order valence-corrected chi connectivity index (χ2v) is 17.3. The predicted molar refractivity (Wildman–Crippen MR) is 277 cm³/mol. The number of benzene rings is 11. The molecule has 0 unspecified atom stereocenters. The van der Waals surface area contributed by atoms with Crippen molar-refractivity contribution >= 4 is 86.8 Å². The molecular formula is C62H38N4. The molecule has 14 aromatic rings. The third kappa shape index (κ3) is 5.39. The Morgan fingerprint density at radius 1 is 0.303 bits per heavy atom. The maximum Gasteiger partial charge on any atom is 0.235 e. The van der Waals surface area contributed by atoms with Crippen molar-refractivity contribution in [3.05, 3.63) is 231 Å². The van der Waals surface area contributed by atoms with E-state index in [2.05, 4.69) is 240 Å². The van der Waals surface area contributed by atoms with Crippen molar-refractivity contribution in [1.82, 2.24) is 19.1 Å². The molecule has 11 aromatic carbocycles. The lowest BCUT2D eigenvalue weighted by molar-refractivity contribution is 1.02. The summed E-state index contributed by atoms with van der Waals surface area (Å²) < 4.78 is 4.77. The molecule has 0 amide bonds. The van der Waals surface area contributed by atoms with Crippen LogP contribution in [0.5, 0.6) is 0 Å². The average Bonchev–Trinajstić information content (AvgIpc) is 3.92. The van der Waals surface area contributed by atoms with Crippen LogP contribution in [0.3, 0.4) is 0 Å². The largest absolute Gasteiger partial charge is 0.309 e. The summed E-state index contributed by atoms with van der Waals surface area (Å²) in [6, 6.07) is 83.3. The molecule has 0 N–H and O–H groups in total. The minimum absolute atomic E-state index is 0.639. The van der Waals surface area contributed by atoms with Gasteiger partial charge in [-0.3, -0.25) is 4.57 Å². The number of rotatable bonds is 5. The molecule has 3 heterocycles. The summed E-state index contributed by atoms with van der Waals surface area (Å²) in [7, 11) is 0. The van der Waals surface area contributed by atoms with Gasteiger partial charge in [0.05, 0.1) is 33.3 Å². The van der Waals surface area contributed by atoms with Crippen LogP contribution in [0.15, 0.2) is 231 Å². The van der Waals surface area contributed by atoms with Gasteiger partial charge in [-0.15, -0.1) is 0 Å². The van der Waals surface area contributed by atoms with Gasteiger partial charge in [0.1, 0.15) is 0 Å². The molecule has 0 aliphatic carbocycles. The molecule has 0 saturated carbocycles. The fourth-order valence-corrected chi connectivity index (χ4v) is 10.8. The summed E-state index contributed by atoms with van der Waals surface area (Å²) in [6.45, 7) is 0. The summed E-state index contributed by atoms with van der Waals surface area (Å²) in [5.41, 5.74) is 13.2. The van der Waals surface area contributed by atoms with Gasteiger partial charge in [0, 0.05) is 54.5 Å². The molecular weight excluding hydrogens is 801 g/mol. The Kier molecular flexibility index (Phi) is 7.95. The third-order valence-electron chi connectivity index (χ3n) is 13.7. The highest BCUT2D eigenvalue weighted by atomic mass is 15.2. The zero-order valence-corrected chi connectivity index (χ0v) is 35.7. The number of aromatic nitrogens is 4. The van der Waals surface area contributed by atoms with Gasteiger partial charge in [0.2, 0.25) is 5.95 Å². The Bertz CT molecular complexity index is 4260. The summed E-state index contributed by atoms with van der Waals surface area (Å²) in [4.78, 5) is 11.1. The summed E-state index contributed by atoms with van der Waals surface area (Å²) in [5, 5.41) is 13.1. The first kappa shape index (κ1) is 36.6. The van der Waals surface area contributed by atoms with Crippen molar-refractivity contribution in [2.45, 2.75) is 0 Å². The Labute approximate surface area is 379 Å². The van der Waals surface area contributed by atoms with Crippen LogP contribution in [0, 0.1) is 0 Å². The first-order chi connectivity index (χ1) is 32.8. The first-order valence-corrected chi connectivity index (χ1v) is 22.6. The molecule has 0 radical (unpaired) electrons. The van der Waals surface area contributed by atoms with Crippen molar-refractivity contribution < 1.29 is 0 Å². The minimum atomic E-state index is 0.639. The number of hydrogen-bond donors (Lipinski definition) is 0. The van der Waals surface area contributed by atoms with Crippen molar-refractivity contribution in [1.29, 1.82) is 0 Å². The van der Waals surface area contributed by atoms with Gasteiger partial charge in [0.15, 0.2) is 0 Å². The fourth-order valence-electron chi connectivity index (χ4n) is 10.8. The van der Waals surface area contributed by atoms with E-state index in [1.54, 1.807) is 0 Å². The van der Waals surface area contributed by atoms with E-state index in [0.717, 1.165) is 55.2 Å². The van der Waals surface area contributed by atoms with Crippen LogP contribution in [0.1, 0.15) is 0 Å². The minimum Gasteiger partial charge on any atom is -0.309 e. The van der Waals surface area contributed by atoms with Gasteiger partial charge >= 0.3 is 0 Å². The maximum atomic E-state index is 5.60. The van der Waals surface area contributed by atoms with E-state index in [1.165, 1.54) is 70.8 Å². The van der Waals surface area contributed by atoms with Gasteiger partial charge in [-0.1, -0.05) is 194 Å². The summed E-state index contributed by atoms with van der Waals surface area (Å²) in [6.07, 6.45) is 0. The van der Waals surface area contributed by atoms with Crippen molar-refractivity contribution in [3.63, 3.8) is 0 Å². The van der Waals surface area contributed by atoms with E-state index in [-0.39, 0.29) is 0 Å². The molecule has 306 valence electrons. The molecule has 0 spiro atoms. The van der Waals surface area contributed by atoms with Gasteiger partial charge in [0.25, 0.3) is 0 Å². The molecule has 14 rings (SSSR count). The third-order valence-corrected chi connectivity index (χ3v) is 13.7. The van der Waals surface area contributed by atoms with Crippen LogP contribution < -0.4 is 0 Å². The molecule has 0 fully saturated rings. The molecule has 66 heavy (non-hydrogen) atoms. The number of hydrogen-bond acceptors (Lipinski definition) is 2. The highest BCUT2D eigenvalue weighted by Crippen LogP contribution is 2.47. The van der Waals surface area contributed by atoms with Crippen molar-refractivity contribution in [2.24, 2.45) is 0 Å². The van der Waals surface area contributed by atoms with Crippen LogP contribution in [0.2, 0.25) is 0 Å². The SMILES string of the molecule is c1ccc(-c2ccc(-c3nc(-n4c5ccc(-c6cccc7c8ccccc8n(-c8ccccc8)c67)cc5c5c6c7ccccc7ccc6c6ccccc6c54)nc4ccccc34)cc2)cc1. The monoisotopic (exact) mass is 838 g/mol.